The Morgan fingerprint density at radius 1 is 1.17 bits per heavy atom. The quantitative estimate of drug-likeness (QED) is 0.361. The molecule has 70 valence electrons. The Hall–Kier alpha value is -0.200. The fraction of sp³-hybridized carbons (Fsp3) is 0.778. The van der Waals surface area contributed by atoms with E-state index in [1.165, 1.54) is 19.3 Å². The highest BCUT2D eigenvalue weighted by atomic mass is 31.1. The van der Waals surface area contributed by atoms with Gasteiger partial charge in [0.1, 0.15) is 0 Å². The van der Waals surface area contributed by atoms with Crippen molar-refractivity contribution in [3.63, 3.8) is 0 Å². The lowest BCUT2D eigenvalue weighted by Crippen LogP contribution is -1.81. The van der Waals surface area contributed by atoms with Crippen molar-refractivity contribution in [2.75, 3.05) is 6.16 Å². The van der Waals surface area contributed by atoms with E-state index in [1.54, 1.807) is 0 Å². The normalized spacial score (nSPS) is 11.2. The maximum atomic E-state index is 10.3. The summed E-state index contributed by atoms with van der Waals surface area (Å²) in [5, 5.41) is 0. The first-order valence-electron chi connectivity index (χ1n) is 4.52. The van der Waals surface area contributed by atoms with E-state index >= 15 is 0 Å². The molecular formula is C9H18O2P+. The summed E-state index contributed by atoms with van der Waals surface area (Å²) in [6, 6.07) is 0. The first-order chi connectivity index (χ1) is 5.77. The molecule has 0 saturated heterocycles. The Morgan fingerprint density at radius 3 is 2.33 bits per heavy atom. The zero-order valence-corrected chi connectivity index (χ0v) is 8.43. The van der Waals surface area contributed by atoms with Crippen molar-refractivity contribution in [3.8, 4) is 0 Å². The molecule has 0 radical (unpaired) electrons. The minimum atomic E-state index is -1.89. The SMILES string of the molecule is C=CCCCCCCC[P+](=O)O. The molecule has 0 aliphatic carbocycles. The van der Waals surface area contributed by atoms with Crippen LogP contribution in [0.1, 0.15) is 38.5 Å². The van der Waals surface area contributed by atoms with Crippen LogP contribution in [-0.2, 0) is 4.57 Å². The van der Waals surface area contributed by atoms with Gasteiger partial charge >= 0.3 is 8.03 Å². The van der Waals surface area contributed by atoms with Crippen molar-refractivity contribution < 1.29 is 9.46 Å². The molecule has 0 aromatic carbocycles. The third-order valence-corrected chi connectivity index (χ3v) is 2.46. The third-order valence-electron chi connectivity index (χ3n) is 1.76. The van der Waals surface area contributed by atoms with Gasteiger partial charge in [-0.15, -0.1) is 6.58 Å². The standard InChI is InChI=1S/C9H17O2P/c1-2-3-4-5-6-7-8-9-12(10)11/h2H,1,3-9H2/p+1. The van der Waals surface area contributed by atoms with Crippen LogP contribution in [0.3, 0.4) is 0 Å². The van der Waals surface area contributed by atoms with Crippen molar-refractivity contribution in [2.45, 2.75) is 38.5 Å². The van der Waals surface area contributed by atoms with Crippen molar-refractivity contribution in [1.29, 1.82) is 0 Å². The molecule has 0 spiro atoms. The van der Waals surface area contributed by atoms with Gasteiger partial charge in [-0.3, -0.25) is 0 Å². The molecule has 2 nitrogen and oxygen atoms in total. The smallest absolute Gasteiger partial charge is 0.161 e. The second-order valence-corrected chi connectivity index (χ2v) is 4.07. The molecule has 0 rings (SSSR count). The Morgan fingerprint density at radius 2 is 1.75 bits per heavy atom. The average Bonchev–Trinajstić information content (AvgIpc) is 2.02. The molecule has 0 heterocycles. The highest BCUT2D eigenvalue weighted by Crippen LogP contribution is 2.16. The molecule has 3 heteroatoms. The maximum absolute atomic E-state index is 10.3. The van der Waals surface area contributed by atoms with Gasteiger partial charge in [-0.25, -0.2) is 0 Å². The van der Waals surface area contributed by atoms with E-state index in [1.807, 2.05) is 6.08 Å². The lowest BCUT2D eigenvalue weighted by Gasteiger charge is -1.95. The molecule has 0 amide bonds. The molecule has 12 heavy (non-hydrogen) atoms. The van der Waals surface area contributed by atoms with Crippen LogP contribution in [0.2, 0.25) is 0 Å². The largest absolute Gasteiger partial charge is 0.505 e. The number of hydrogen-bond acceptors (Lipinski definition) is 1. The van der Waals surface area contributed by atoms with Gasteiger partial charge in [0.25, 0.3) is 0 Å². The second kappa shape index (κ2) is 8.89. The highest BCUT2D eigenvalue weighted by Gasteiger charge is 2.07. The zero-order valence-electron chi connectivity index (χ0n) is 7.54. The molecule has 0 aliphatic heterocycles. The van der Waals surface area contributed by atoms with Crippen LogP contribution < -0.4 is 0 Å². The first kappa shape index (κ1) is 11.8. The van der Waals surface area contributed by atoms with E-state index in [-0.39, 0.29) is 0 Å². The Labute approximate surface area is 75.6 Å². The molecule has 0 saturated carbocycles. The van der Waals surface area contributed by atoms with E-state index in [0.29, 0.717) is 6.16 Å². The number of hydrogen-bond donors (Lipinski definition) is 1. The van der Waals surface area contributed by atoms with Crippen LogP contribution in [0.25, 0.3) is 0 Å². The van der Waals surface area contributed by atoms with Crippen LogP contribution in [0, 0.1) is 0 Å². The van der Waals surface area contributed by atoms with E-state index in [0.717, 1.165) is 19.3 Å². The van der Waals surface area contributed by atoms with Crippen molar-refractivity contribution in [1.82, 2.24) is 0 Å². The Bertz CT molecular complexity index is 134. The molecule has 0 bridgehead atoms. The lowest BCUT2D eigenvalue weighted by atomic mass is 10.1. The predicted molar refractivity (Wildman–Crippen MR) is 52.6 cm³/mol. The van der Waals surface area contributed by atoms with Gasteiger partial charge in [0.05, 0.1) is 0 Å². The number of rotatable bonds is 8. The molecule has 0 aromatic heterocycles. The summed E-state index contributed by atoms with van der Waals surface area (Å²) in [7, 11) is -1.89. The van der Waals surface area contributed by atoms with E-state index in [4.69, 9.17) is 4.89 Å². The van der Waals surface area contributed by atoms with Crippen LogP contribution in [0.5, 0.6) is 0 Å². The Kier molecular flexibility index (Phi) is 8.74. The fourth-order valence-electron chi connectivity index (χ4n) is 1.07. The first-order valence-corrected chi connectivity index (χ1v) is 5.91. The van der Waals surface area contributed by atoms with Gasteiger partial charge in [0.15, 0.2) is 6.16 Å². The van der Waals surface area contributed by atoms with Crippen LogP contribution in [0.4, 0.5) is 0 Å². The lowest BCUT2D eigenvalue weighted by molar-refractivity contribution is 0.499. The fourth-order valence-corrected chi connectivity index (χ4v) is 1.56. The minimum absolute atomic E-state index is 0.469. The van der Waals surface area contributed by atoms with Gasteiger partial charge in [-0.1, -0.05) is 18.9 Å². The zero-order chi connectivity index (χ0) is 9.23. The summed E-state index contributed by atoms with van der Waals surface area (Å²) >= 11 is 0. The van der Waals surface area contributed by atoms with Gasteiger partial charge < -0.3 is 0 Å². The average molecular weight is 189 g/mol. The summed E-state index contributed by atoms with van der Waals surface area (Å²) in [6.45, 7) is 3.65. The van der Waals surface area contributed by atoms with E-state index < -0.39 is 8.03 Å². The van der Waals surface area contributed by atoms with Gasteiger partial charge in [0, 0.05) is 0 Å². The maximum Gasteiger partial charge on any atom is 0.505 e. The predicted octanol–water partition coefficient (Wildman–Crippen LogP) is 3.25. The molecule has 1 N–H and O–H groups in total. The minimum Gasteiger partial charge on any atom is -0.161 e. The number of allylic oxidation sites excluding steroid dienone is 1. The third kappa shape index (κ3) is 9.80. The molecule has 1 atom stereocenters. The summed E-state index contributed by atoms with van der Waals surface area (Å²) in [5.74, 6) is 0. The summed E-state index contributed by atoms with van der Waals surface area (Å²) in [4.78, 5) is 8.49. The van der Waals surface area contributed by atoms with Crippen LogP contribution >= 0.6 is 8.03 Å². The van der Waals surface area contributed by atoms with Crippen LogP contribution in [0.15, 0.2) is 12.7 Å². The van der Waals surface area contributed by atoms with Gasteiger partial charge in [-0.05, 0) is 30.2 Å². The molecule has 0 aromatic rings. The molecule has 1 unspecified atom stereocenters. The monoisotopic (exact) mass is 189 g/mol. The van der Waals surface area contributed by atoms with Crippen molar-refractivity contribution in [2.24, 2.45) is 0 Å². The topological polar surface area (TPSA) is 37.3 Å². The van der Waals surface area contributed by atoms with E-state index in [2.05, 4.69) is 6.58 Å². The van der Waals surface area contributed by atoms with Crippen LogP contribution in [-0.4, -0.2) is 11.1 Å². The van der Waals surface area contributed by atoms with Crippen molar-refractivity contribution in [3.05, 3.63) is 12.7 Å². The molecule has 0 fully saturated rings. The number of unbranched alkanes of at least 4 members (excludes halogenated alkanes) is 5. The molecule has 0 aliphatic rings. The summed E-state index contributed by atoms with van der Waals surface area (Å²) in [6.07, 6.45) is 9.06. The second-order valence-electron chi connectivity index (χ2n) is 2.92. The molecular weight excluding hydrogens is 171 g/mol. The highest BCUT2D eigenvalue weighted by molar-refractivity contribution is 7.37. The van der Waals surface area contributed by atoms with E-state index in [9.17, 15) is 4.57 Å². The Balaban J connectivity index is 2.90. The van der Waals surface area contributed by atoms with Gasteiger partial charge in [0.2, 0.25) is 0 Å². The summed E-state index contributed by atoms with van der Waals surface area (Å²) < 4.78 is 10.3. The summed E-state index contributed by atoms with van der Waals surface area (Å²) in [5.41, 5.74) is 0. The van der Waals surface area contributed by atoms with Gasteiger partial charge in [-0.2, -0.15) is 4.89 Å². The van der Waals surface area contributed by atoms with Crippen molar-refractivity contribution >= 4 is 8.03 Å².